The lowest BCUT2D eigenvalue weighted by Gasteiger charge is -2.19. The van der Waals surface area contributed by atoms with Gasteiger partial charge in [0.05, 0.1) is 5.31 Å². The monoisotopic (exact) mass is 298 g/mol. The molecule has 0 aromatic heterocycles. The van der Waals surface area contributed by atoms with Gasteiger partial charge in [0.1, 0.15) is 6.10 Å². The Labute approximate surface area is 119 Å². The van der Waals surface area contributed by atoms with Crippen LogP contribution in [0.15, 0.2) is 36.4 Å². The van der Waals surface area contributed by atoms with Crippen molar-refractivity contribution in [3.05, 3.63) is 42.0 Å². The SMILES string of the molecule is COP(=O)(OC)/C(=C\C(C)OC(C)=O)c1ccccc1. The molecule has 0 saturated carbocycles. The minimum atomic E-state index is -3.44. The van der Waals surface area contributed by atoms with Gasteiger partial charge >= 0.3 is 13.6 Å². The average Bonchev–Trinajstić information content (AvgIpc) is 2.44. The van der Waals surface area contributed by atoms with Crippen molar-refractivity contribution in [3.8, 4) is 0 Å². The highest BCUT2D eigenvalue weighted by molar-refractivity contribution is 7.65. The summed E-state index contributed by atoms with van der Waals surface area (Å²) in [6.45, 7) is 3.00. The third-order valence-corrected chi connectivity index (χ3v) is 4.55. The summed E-state index contributed by atoms with van der Waals surface area (Å²) in [6, 6.07) is 9.06. The van der Waals surface area contributed by atoms with Crippen molar-refractivity contribution in [1.29, 1.82) is 0 Å². The maximum atomic E-state index is 12.6. The minimum absolute atomic E-state index is 0.372. The van der Waals surface area contributed by atoms with Crippen LogP contribution in [0.1, 0.15) is 19.4 Å². The molecule has 0 spiro atoms. The third-order valence-electron chi connectivity index (χ3n) is 2.59. The number of hydrogen-bond acceptors (Lipinski definition) is 5. The van der Waals surface area contributed by atoms with Crippen LogP contribution in [-0.2, 0) is 23.1 Å². The fourth-order valence-corrected chi connectivity index (χ4v) is 3.14. The lowest BCUT2D eigenvalue weighted by molar-refractivity contribution is -0.143. The van der Waals surface area contributed by atoms with Crippen molar-refractivity contribution in [1.82, 2.24) is 0 Å². The summed E-state index contributed by atoms with van der Waals surface area (Å²) < 4.78 is 27.7. The van der Waals surface area contributed by atoms with Gasteiger partial charge in [0.2, 0.25) is 0 Å². The normalized spacial score (nSPS) is 13.9. The van der Waals surface area contributed by atoms with Crippen molar-refractivity contribution in [2.45, 2.75) is 20.0 Å². The molecule has 0 aliphatic carbocycles. The summed E-state index contributed by atoms with van der Waals surface area (Å²) >= 11 is 0. The summed E-state index contributed by atoms with van der Waals surface area (Å²) in [6.07, 6.45) is 1.03. The number of esters is 1. The van der Waals surface area contributed by atoms with Crippen LogP contribution in [0.2, 0.25) is 0 Å². The molecule has 6 heteroatoms. The average molecular weight is 298 g/mol. The number of benzene rings is 1. The zero-order valence-electron chi connectivity index (χ0n) is 12.0. The lowest BCUT2D eigenvalue weighted by Crippen LogP contribution is -2.10. The van der Waals surface area contributed by atoms with Gasteiger partial charge in [0, 0.05) is 21.1 Å². The molecule has 0 bridgehead atoms. The van der Waals surface area contributed by atoms with Crippen LogP contribution >= 0.6 is 7.60 Å². The van der Waals surface area contributed by atoms with Crippen LogP contribution in [0.25, 0.3) is 5.31 Å². The molecule has 1 rings (SSSR count). The fourth-order valence-electron chi connectivity index (χ4n) is 1.74. The summed E-state index contributed by atoms with van der Waals surface area (Å²) in [4.78, 5) is 11.0. The van der Waals surface area contributed by atoms with Gasteiger partial charge in [-0.05, 0) is 18.6 Å². The van der Waals surface area contributed by atoms with E-state index >= 15 is 0 Å². The van der Waals surface area contributed by atoms with E-state index in [4.69, 9.17) is 13.8 Å². The maximum Gasteiger partial charge on any atom is 0.361 e. The Morgan fingerprint density at radius 3 is 2.20 bits per heavy atom. The van der Waals surface area contributed by atoms with Crippen LogP contribution in [0.3, 0.4) is 0 Å². The van der Waals surface area contributed by atoms with Gasteiger partial charge in [-0.1, -0.05) is 30.3 Å². The zero-order chi connectivity index (χ0) is 15.2. The highest BCUT2D eigenvalue weighted by atomic mass is 31.2. The molecule has 0 N–H and O–H groups in total. The smallest absolute Gasteiger partial charge is 0.361 e. The second kappa shape index (κ2) is 7.39. The first-order chi connectivity index (χ1) is 9.42. The van der Waals surface area contributed by atoms with Crippen LogP contribution < -0.4 is 0 Å². The molecular formula is C14H19O5P. The van der Waals surface area contributed by atoms with E-state index in [1.807, 2.05) is 18.2 Å². The van der Waals surface area contributed by atoms with E-state index in [0.717, 1.165) is 0 Å². The topological polar surface area (TPSA) is 61.8 Å². The summed E-state index contributed by atoms with van der Waals surface area (Å²) in [5.74, 6) is -0.411. The van der Waals surface area contributed by atoms with E-state index < -0.39 is 19.7 Å². The van der Waals surface area contributed by atoms with Gasteiger partial charge in [0.15, 0.2) is 0 Å². The van der Waals surface area contributed by atoms with Crippen molar-refractivity contribution >= 4 is 18.9 Å². The number of rotatable bonds is 6. The first kappa shape index (κ1) is 16.6. The minimum Gasteiger partial charge on any atom is -0.459 e. The first-order valence-corrected chi connectivity index (χ1v) is 7.63. The Hall–Kier alpha value is -1.42. The van der Waals surface area contributed by atoms with E-state index in [0.29, 0.717) is 10.9 Å². The molecule has 0 heterocycles. The summed E-state index contributed by atoms with van der Waals surface area (Å²) in [5, 5.41) is 0.372. The fraction of sp³-hybridized carbons (Fsp3) is 0.357. The zero-order valence-corrected chi connectivity index (χ0v) is 12.9. The Bertz CT molecular complexity index is 516. The molecule has 1 unspecified atom stereocenters. The second-order valence-electron chi connectivity index (χ2n) is 4.10. The Morgan fingerprint density at radius 1 is 1.20 bits per heavy atom. The van der Waals surface area contributed by atoms with Crippen LogP contribution in [0, 0.1) is 0 Å². The van der Waals surface area contributed by atoms with Gasteiger partial charge in [-0.25, -0.2) is 0 Å². The van der Waals surface area contributed by atoms with Gasteiger partial charge < -0.3 is 13.8 Å². The van der Waals surface area contributed by atoms with Gasteiger partial charge in [-0.2, -0.15) is 0 Å². The van der Waals surface area contributed by atoms with E-state index in [1.165, 1.54) is 21.1 Å². The molecular weight excluding hydrogens is 279 g/mol. The number of carbonyl (C=O) groups excluding carboxylic acids is 1. The summed E-state index contributed by atoms with van der Waals surface area (Å²) in [5.41, 5.74) is 0.693. The number of carbonyl (C=O) groups is 1. The molecule has 1 aromatic carbocycles. The van der Waals surface area contributed by atoms with Crippen LogP contribution in [0.4, 0.5) is 0 Å². The molecule has 1 atom stereocenters. The lowest BCUT2D eigenvalue weighted by atomic mass is 10.2. The molecule has 20 heavy (non-hydrogen) atoms. The molecule has 0 saturated heterocycles. The first-order valence-electron chi connectivity index (χ1n) is 6.09. The highest BCUT2D eigenvalue weighted by Gasteiger charge is 2.29. The van der Waals surface area contributed by atoms with Crippen molar-refractivity contribution < 1.29 is 23.1 Å². The molecule has 0 amide bonds. The van der Waals surface area contributed by atoms with Crippen molar-refractivity contribution in [3.63, 3.8) is 0 Å². The highest BCUT2D eigenvalue weighted by Crippen LogP contribution is 2.59. The Morgan fingerprint density at radius 2 is 1.75 bits per heavy atom. The molecule has 5 nitrogen and oxygen atoms in total. The van der Waals surface area contributed by atoms with Crippen LogP contribution in [0.5, 0.6) is 0 Å². The number of hydrogen-bond donors (Lipinski definition) is 0. The third kappa shape index (κ3) is 4.30. The molecule has 1 aromatic rings. The van der Waals surface area contributed by atoms with Gasteiger partial charge in [-0.3, -0.25) is 9.36 Å². The van der Waals surface area contributed by atoms with Crippen molar-refractivity contribution in [2.24, 2.45) is 0 Å². The molecule has 0 radical (unpaired) electrons. The largest absolute Gasteiger partial charge is 0.459 e. The number of ether oxygens (including phenoxy) is 1. The van der Waals surface area contributed by atoms with E-state index in [2.05, 4.69) is 0 Å². The Balaban J connectivity index is 3.25. The van der Waals surface area contributed by atoms with E-state index in [1.54, 1.807) is 25.1 Å². The molecule has 110 valence electrons. The van der Waals surface area contributed by atoms with Crippen molar-refractivity contribution in [2.75, 3.05) is 14.2 Å². The molecule has 0 aliphatic rings. The van der Waals surface area contributed by atoms with Crippen LogP contribution in [-0.4, -0.2) is 26.3 Å². The van der Waals surface area contributed by atoms with Gasteiger partial charge in [-0.15, -0.1) is 0 Å². The standard InChI is InChI=1S/C14H19O5P/c1-11(19-12(2)15)10-14(20(16,17-3)18-4)13-8-6-5-7-9-13/h5-11H,1-4H3/b14-10-. The van der Waals surface area contributed by atoms with Gasteiger partial charge in [0.25, 0.3) is 0 Å². The predicted molar refractivity (Wildman–Crippen MR) is 77.3 cm³/mol. The Kier molecular flexibility index (Phi) is 6.14. The van der Waals surface area contributed by atoms with E-state index in [-0.39, 0.29) is 0 Å². The molecule has 0 fully saturated rings. The second-order valence-corrected chi connectivity index (χ2v) is 6.30. The molecule has 0 aliphatic heterocycles. The maximum absolute atomic E-state index is 12.6. The van der Waals surface area contributed by atoms with E-state index in [9.17, 15) is 9.36 Å². The predicted octanol–water partition coefficient (Wildman–Crippen LogP) is 3.47. The quantitative estimate of drug-likeness (QED) is 0.594. The summed E-state index contributed by atoms with van der Waals surface area (Å²) in [7, 11) is -0.807.